The molecular weight excluding hydrogens is 500 g/mol. The molecule has 2 fully saturated rings. The van der Waals surface area contributed by atoms with Gasteiger partial charge in [-0.15, -0.1) is 0 Å². The first-order chi connectivity index (χ1) is 17.2. The van der Waals surface area contributed by atoms with Gasteiger partial charge in [0.15, 0.2) is 19.0 Å². The number of hydrogen-bond acceptors (Lipinski definition) is 9. The normalized spacial score (nSPS) is 23.0. The Hall–Kier alpha value is -3.88. The van der Waals surface area contributed by atoms with E-state index in [9.17, 15) is 33.6 Å². The van der Waals surface area contributed by atoms with E-state index in [4.69, 9.17) is 9.47 Å². The van der Waals surface area contributed by atoms with Gasteiger partial charge in [0.05, 0.1) is 0 Å². The van der Waals surface area contributed by atoms with Crippen LogP contribution < -0.4 is 14.2 Å². The SMILES string of the molecule is O=C(O)[C@H]1CCCN1C(=O)COc1cc(OCC(=O)N2CCC[C@@H]2C(=O)O)cc(C2=NOS(=O)N2)c1. The molecule has 0 radical (unpaired) electrons. The second-order valence-electron chi connectivity index (χ2n) is 8.29. The molecule has 3 aliphatic heterocycles. The lowest BCUT2D eigenvalue weighted by Gasteiger charge is -2.22. The molecule has 2 amide bonds. The zero-order valence-corrected chi connectivity index (χ0v) is 19.8. The molecule has 1 aromatic rings. The number of amides is 2. The van der Waals surface area contributed by atoms with Gasteiger partial charge in [-0.1, -0.05) is 0 Å². The molecule has 0 aromatic heterocycles. The van der Waals surface area contributed by atoms with Crippen molar-refractivity contribution in [3.63, 3.8) is 0 Å². The van der Waals surface area contributed by atoms with Gasteiger partial charge in [-0.05, 0) is 43.0 Å². The smallest absolute Gasteiger partial charge is 0.338 e. The molecule has 3 heterocycles. The predicted octanol–water partition coefficient (Wildman–Crippen LogP) is -0.544. The van der Waals surface area contributed by atoms with Crippen LogP contribution in [0.15, 0.2) is 23.4 Å². The molecule has 1 aromatic carbocycles. The standard InChI is InChI=1S/C21H24N4O10S/c26-17(24-5-1-3-15(24)20(28)29)10-33-13-7-12(19-22-35-36(32)23-19)8-14(9-13)34-11-18(27)25-6-2-4-16(25)21(30)31/h7-9,15-16H,1-6,10-11H2,(H,22,23)(H,28,29)(H,30,31)/t15-,16-,36?/m1/s1. The lowest BCUT2D eigenvalue weighted by Crippen LogP contribution is -2.42. The van der Waals surface area contributed by atoms with E-state index in [0.29, 0.717) is 44.3 Å². The number of likely N-dealkylation sites (tertiary alicyclic amines) is 2. The number of carboxylic acids is 2. The molecule has 4 rings (SSSR count). The van der Waals surface area contributed by atoms with Gasteiger partial charge in [0.25, 0.3) is 11.8 Å². The number of carbonyl (C=O) groups excluding carboxylic acids is 2. The first-order valence-electron chi connectivity index (χ1n) is 11.1. The Bertz CT molecular complexity index is 1060. The molecule has 0 aliphatic carbocycles. The van der Waals surface area contributed by atoms with Crippen LogP contribution in [-0.2, 0) is 34.7 Å². The van der Waals surface area contributed by atoms with Crippen molar-refractivity contribution in [3.05, 3.63) is 23.8 Å². The number of amidine groups is 1. The summed E-state index contributed by atoms with van der Waals surface area (Å²) >= 11 is -1.88. The second kappa shape index (κ2) is 10.8. The van der Waals surface area contributed by atoms with Gasteiger partial charge in [-0.25, -0.2) is 9.59 Å². The van der Waals surface area contributed by atoms with Crippen LogP contribution in [0.2, 0.25) is 0 Å². The molecule has 0 spiro atoms. The highest BCUT2D eigenvalue weighted by molar-refractivity contribution is 7.79. The third-order valence-corrected chi connectivity index (χ3v) is 6.54. The van der Waals surface area contributed by atoms with E-state index < -0.39 is 60.3 Å². The fraction of sp³-hybridized carbons (Fsp3) is 0.476. The zero-order chi connectivity index (χ0) is 25.8. The van der Waals surface area contributed by atoms with E-state index in [1.165, 1.54) is 28.0 Å². The number of nitrogens with zero attached hydrogens (tertiary/aromatic N) is 3. The van der Waals surface area contributed by atoms with Crippen LogP contribution in [0.5, 0.6) is 11.5 Å². The summed E-state index contributed by atoms with van der Waals surface area (Å²) in [6, 6.07) is 2.55. The first-order valence-corrected chi connectivity index (χ1v) is 12.2. The van der Waals surface area contributed by atoms with Gasteiger partial charge in [0, 0.05) is 24.7 Å². The third-order valence-electron chi connectivity index (χ3n) is 5.97. The van der Waals surface area contributed by atoms with Crippen molar-refractivity contribution in [3.8, 4) is 11.5 Å². The summed E-state index contributed by atoms with van der Waals surface area (Å²) < 4.78 is 29.8. The Morgan fingerprint density at radius 1 is 0.944 bits per heavy atom. The van der Waals surface area contributed by atoms with Crippen LogP contribution in [0.3, 0.4) is 0 Å². The van der Waals surface area contributed by atoms with Gasteiger partial charge in [0.1, 0.15) is 23.6 Å². The summed E-state index contributed by atoms with van der Waals surface area (Å²) in [4.78, 5) is 50.3. The van der Waals surface area contributed by atoms with Crippen molar-refractivity contribution < 1.29 is 47.4 Å². The van der Waals surface area contributed by atoms with E-state index in [1.807, 2.05) is 0 Å². The average Bonchev–Trinajstić information content (AvgIpc) is 3.61. The van der Waals surface area contributed by atoms with Crippen LogP contribution >= 0.6 is 0 Å². The lowest BCUT2D eigenvalue weighted by atomic mass is 10.2. The molecule has 0 bridgehead atoms. The number of benzene rings is 1. The number of rotatable bonds is 9. The molecule has 3 atom stereocenters. The topological polar surface area (TPSA) is 184 Å². The average molecular weight is 525 g/mol. The first kappa shape index (κ1) is 25.2. The van der Waals surface area contributed by atoms with Crippen LogP contribution in [0.4, 0.5) is 0 Å². The summed E-state index contributed by atoms with van der Waals surface area (Å²) in [5.41, 5.74) is 0.322. The summed E-state index contributed by atoms with van der Waals surface area (Å²) in [6.07, 6.45) is 1.88. The van der Waals surface area contributed by atoms with Crippen LogP contribution in [0.1, 0.15) is 31.2 Å². The minimum absolute atomic E-state index is 0.0947. The van der Waals surface area contributed by atoms with Crippen molar-refractivity contribution in [1.29, 1.82) is 0 Å². The largest absolute Gasteiger partial charge is 0.484 e. The lowest BCUT2D eigenvalue weighted by molar-refractivity contribution is -0.149. The number of carbonyl (C=O) groups is 4. The zero-order valence-electron chi connectivity index (χ0n) is 19.0. The summed E-state index contributed by atoms with van der Waals surface area (Å²) in [7, 11) is 0. The van der Waals surface area contributed by atoms with Crippen molar-refractivity contribution in [1.82, 2.24) is 14.5 Å². The Balaban J connectivity index is 1.46. The summed E-state index contributed by atoms with van der Waals surface area (Å²) in [5, 5.41) is 22.2. The van der Waals surface area contributed by atoms with E-state index in [1.54, 1.807) is 0 Å². The van der Waals surface area contributed by atoms with Crippen LogP contribution in [-0.4, -0.2) is 92.2 Å². The molecular formula is C21H24N4O10S. The molecule has 15 heteroatoms. The maximum atomic E-state index is 12.6. The van der Waals surface area contributed by atoms with Gasteiger partial charge in [-0.3, -0.25) is 18.6 Å². The number of nitrogens with one attached hydrogen (secondary N) is 1. The second-order valence-corrected chi connectivity index (χ2v) is 9.11. The molecule has 2 saturated heterocycles. The minimum Gasteiger partial charge on any atom is -0.484 e. The van der Waals surface area contributed by atoms with Gasteiger partial charge in [0.2, 0.25) is 0 Å². The summed E-state index contributed by atoms with van der Waals surface area (Å²) in [6.45, 7) is -0.259. The molecule has 194 valence electrons. The monoisotopic (exact) mass is 524 g/mol. The fourth-order valence-corrected chi connectivity index (χ4v) is 4.77. The minimum atomic E-state index is -1.88. The number of aliphatic carboxylic acids is 2. The van der Waals surface area contributed by atoms with Crippen LogP contribution in [0, 0.1) is 0 Å². The quantitative estimate of drug-likeness (QED) is 0.379. The number of hydrogen-bond donors (Lipinski definition) is 3. The third kappa shape index (κ3) is 5.67. The maximum absolute atomic E-state index is 12.6. The maximum Gasteiger partial charge on any atom is 0.338 e. The Kier molecular flexibility index (Phi) is 7.57. The highest BCUT2D eigenvalue weighted by Crippen LogP contribution is 2.26. The molecule has 1 unspecified atom stereocenters. The van der Waals surface area contributed by atoms with E-state index in [2.05, 4.69) is 14.2 Å². The molecule has 36 heavy (non-hydrogen) atoms. The van der Waals surface area contributed by atoms with Crippen molar-refractivity contribution in [2.45, 2.75) is 37.8 Å². The van der Waals surface area contributed by atoms with Crippen molar-refractivity contribution >= 4 is 40.9 Å². The molecule has 0 saturated carbocycles. The van der Waals surface area contributed by atoms with E-state index in [0.717, 1.165) is 0 Å². The molecule has 3 N–H and O–H groups in total. The molecule has 3 aliphatic rings. The fourth-order valence-electron chi connectivity index (χ4n) is 4.27. The number of ether oxygens (including phenoxy) is 2. The number of oxime groups is 1. The Morgan fingerprint density at radius 3 is 1.86 bits per heavy atom. The molecule has 14 nitrogen and oxygen atoms in total. The number of carboxylic acid groups (broad SMARTS) is 2. The summed E-state index contributed by atoms with van der Waals surface area (Å²) in [5.74, 6) is -2.79. The van der Waals surface area contributed by atoms with E-state index in [-0.39, 0.29) is 17.3 Å². The van der Waals surface area contributed by atoms with Crippen molar-refractivity contribution in [2.75, 3.05) is 26.3 Å². The van der Waals surface area contributed by atoms with Gasteiger partial charge < -0.3 is 29.5 Å². The highest BCUT2D eigenvalue weighted by Gasteiger charge is 2.35. The van der Waals surface area contributed by atoms with Crippen molar-refractivity contribution in [2.24, 2.45) is 5.16 Å². The Morgan fingerprint density at radius 2 is 1.44 bits per heavy atom. The Labute approximate surface area is 207 Å². The van der Waals surface area contributed by atoms with Gasteiger partial charge in [-0.2, -0.15) is 4.21 Å². The highest BCUT2D eigenvalue weighted by atomic mass is 32.2. The van der Waals surface area contributed by atoms with E-state index >= 15 is 0 Å². The predicted molar refractivity (Wildman–Crippen MR) is 121 cm³/mol. The van der Waals surface area contributed by atoms with Gasteiger partial charge >= 0.3 is 23.2 Å². The van der Waals surface area contributed by atoms with Crippen LogP contribution in [0.25, 0.3) is 0 Å².